The molecule has 1 aromatic heterocycles. The second-order valence-electron chi connectivity index (χ2n) is 3.86. The van der Waals surface area contributed by atoms with Gasteiger partial charge >= 0.3 is 0 Å². The van der Waals surface area contributed by atoms with Crippen molar-refractivity contribution in [3.63, 3.8) is 0 Å². The molecule has 2 nitrogen and oxygen atoms in total. The van der Waals surface area contributed by atoms with E-state index in [4.69, 9.17) is 27.9 Å². The van der Waals surface area contributed by atoms with Crippen LogP contribution < -0.4 is 10.1 Å². The fourth-order valence-corrected chi connectivity index (χ4v) is 3.47. The second kappa shape index (κ2) is 6.09. The molecule has 0 saturated carbocycles. The standard InChI is InChI=1S/C13H12Cl2FNOS/c1-17-12(8-6-10(14)19-13(8)15)7-4-3-5-9(18-2)11(7)16/h3-6,12,17H,1-2H3. The molecule has 1 aromatic carbocycles. The first-order valence-corrected chi connectivity index (χ1v) is 7.10. The SMILES string of the molecule is CNC(c1cc(Cl)sc1Cl)c1cccc(OC)c1F. The van der Waals surface area contributed by atoms with E-state index in [1.54, 1.807) is 31.3 Å². The molecule has 0 aliphatic heterocycles. The van der Waals surface area contributed by atoms with Crippen LogP contribution in [-0.2, 0) is 0 Å². The van der Waals surface area contributed by atoms with Gasteiger partial charge < -0.3 is 10.1 Å². The Morgan fingerprint density at radius 1 is 1.32 bits per heavy atom. The topological polar surface area (TPSA) is 21.3 Å². The zero-order chi connectivity index (χ0) is 14.0. The molecule has 0 bridgehead atoms. The van der Waals surface area contributed by atoms with E-state index in [0.717, 1.165) is 5.56 Å². The molecule has 1 unspecified atom stereocenters. The number of hydrogen-bond acceptors (Lipinski definition) is 3. The highest BCUT2D eigenvalue weighted by Gasteiger charge is 2.22. The third-order valence-corrected chi connectivity index (χ3v) is 4.32. The molecule has 1 atom stereocenters. The monoisotopic (exact) mass is 319 g/mol. The van der Waals surface area contributed by atoms with Crippen LogP contribution in [0, 0.1) is 5.82 Å². The summed E-state index contributed by atoms with van der Waals surface area (Å²) in [4.78, 5) is 0. The molecular weight excluding hydrogens is 308 g/mol. The predicted octanol–water partition coefficient (Wildman–Crippen LogP) is 4.51. The summed E-state index contributed by atoms with van der Waals surface area (Å²) in [5, 5.41) is 3.05. The van der Waals surface area contributed by atoms with Crippen molar-refractivity contribution in [2.75, 3.05) is 14.2 Å². The van der Waals surface area contributed by atoms with Crippen molar-refractivity contribution < 1.29 is 9.13 Å². The molecule has 0 aliphatic carbocycles. The van der Waals surface area contributed by atoms with Crippen LogP contribution >= 0.6 is 34.5 Å². The van der Waals surface area contributed by atoms with Crippen molar-refractivity contribution in [2.45, 2.75) is 6.04 Å². The lowest BCUT2D eigenvalue weighted by Crippen LogP contribution is -2.19. The summed E-state index contributed by atoms with van der Waals surface area (Å²) in [5.41, 5.74) is 1.23. The number of nitrogens with one attached hydrogen (secondary N) is 1. The van der Waals surface area contributed by atoms with Crippen LogP contribution in [0.2, 0.25) is 8.67 Å². The maximum Gasteiger partial charge on any atom is 0.170 e. The van der Waals surface area contributed by atoms with Gasteiger partial charge in [0.1, 0.15) is 0 Å². The summed E-state index contributed by atoms with van der Waals surface area (Å²) in [6, 6.07) is 6.39. The third-order valence-electron chi connectivity index (χ3n) is 2.81. The molecule has 2 rings (SSSR count). The van der Waals surface area contributed by atoms with Gasteiger partial charge in [-0.25, -0.2) is 4.39 Å². The van der Waals surface area contributed by atoms with E-state index in [0.29, 0.717) is 14.2 Å². The fraction of sp³-hybridized carbons (Fsp3) is 0.231. The zero-order valence-corrected chi connectivity index (χ0v) is 12.7. The minimum atomic E-state index is -0.400. The molecule has 0 amide bonds. The van der Waals surface area contributed by atoms with Crippen molar-refractivity contribution in [1.82, 2.24) is 5.32 Å². The van der Waals surface area contributed by atoms with E-state index >= 15 is 0 Å². The minimum Gasteiger partial charge on any atom is -0.494 e. The second-order valence-corrected chi connectivity index (χ2v) is 6.15. The van der Waals surface area contributed by atoms with Gasteiger partial charge in [-0.05, 0) is 19.2 Å². The van der Waals surface area contributed by atoms with E-state index in [9.17, 15) is 4.39 Å². The number of halogens is 3. The van der Waals surface area contributed by atoms with Crippen LogP contribution in [0.4, 0.5) is 4.39 Å². The molecule has 0 fully saturated rings. The predicted molar refractivity (Wildman–Crippen MR) is 78.2 cm³/mol. The molecule has 0 saturated heterocycles. The van der Waals surface area contributed by atoms with Crippen molar-refractivity contribution in [3.8, 4) is 5.75 Å². The lowest BCUT2D eigenvalue weighted by molar-refractivity contribution is 0.382. The Hall–Kier alpha value is -0.810. The Morgan fingerprint density at radius 3 is 2.58 bits per heavy atom. The lowest BCUT2D eigenvalue weighted by Gasteiger charge is -2.18. The van der Waals surface area contributed by atoms with E-state index in [2.05, 4.69) is 5.32 Å². The zero-order valence-electron chi connectivity index (χ0n) is 10.3. The Balaban J connectivity index is 2.51. The average Bonchev–Trinajstić information content (AvgIpc) is 2.72. The Morgan fingerprint density at radius 2 is 2.05 bits per heavy atom. The van der Waals surface area contributed by atoms with E-state index in [1.165, 1.54) is 18.4 Å². The highest BCUT2D eigenvalue weighted by molar-refractivity contribution is 7.20. The summed E-state index contributed by atoms with van der Waals surface area (Å²) < 4.78 is 20.4. The smallest absolute Gasteiger partial charge is 0.170 e. The van der Waals surface area contributed by atoms with Crippen LogP contribution in [0.1, 0.15) is 17.2 Å². The summed E-state index contributed by atoms with van der Waals surface area (Å²) in [6.45, 7) is 0. The summed E-state index contributed by atoms with van der Waals surface area (Å²) in [7, 11) is 3.18. The normalized spacial score (nSPS) is 12.5. The molecule has 1 heterocycles. The van der Waals surface area contributed by atoms with Gasteiger partial charge in [-0.15, -0.1) is 11.3 Å². The largest absolute Gasteiger partial charge is 0.494 e. The van der Waals surface area contributed by atoms with Crippen LogP contribution in [0.5, 0.6) is 5.75 Å². The number of benzene rings is 1. The van der Waals surface area contributed by atoms with Gasteiger partial charge in [-0.2, -0.15) is 0 Å². The fourth-order valence-electron chi connectivity index (χ4n) is 1.94. The summed E-state index contributed by atoms with van der Waals surface area (Å²) >= 11 is 13.3. The first-order chi connectivity index (χ1) is 9.08. The van der Waals surface area contributed by atoms with Crippen molar-refractivity contribution >= 4 is 34.5 Å². The molecule has 1 N–H and O–H groups in total. The van der Waals surface area contributed by atoms with E-state index < -0.39 is 5.82 Å². The van der Waals surface area contributed by atoms with Crippen LogP contribution in [0.3, 0.4) is 0 Å². The summed E-state index contributed by atoms with van der Waals surface area (Å²) in [5.74, 6) is -0.196. The number of thiophene rings is 1. The van der Waals surface area contributed by atoms with E-state index in [1.807, 2.05) is 0 Å². The third kappa shape index (κ3) is 2.87. The highest BCUT2D eigenvalue weighted by Crippen LogP contribution is 2.38. The maximum absolute atomic E-state index is 14.3. The summed E-state index contributed by atoms with van der Waals surface area (Å²) in [6.07, 6.45) is 0. The number of rotatable bonds is 4. The molecular formula is C13H12Cl2FNOS. The van der Waals surface area contributed by atoms with Crippen molar-refractivity contribution in [1.29, 1.82) is 0 Å². The van der Waals surface area contributed by atoms with Crippen molar-refractivity contribution in [2.24, 2.45) is 0 Å². The van der Waals surface area contributed by atoms with Gasteiger partial charge in [0.15, 0.2) is 11.6 Å². The van der Waals surface area contributed by atoms with Gasteiger partial charge in [0.25, 0.3) is 0 Å². The molecule has 0 spiro atoms. The molecule has 2 aromatic rings. The van der Waals surface area contributed by atoms with Gasteiger partial charge in [-0.1, -0.05) is 35.3 Å². The quantitative estimate of drug-likeness (QED) is 0.895. The van der Waals surface area contributed by atoms with Gasteiger partial charge in [-0.3, -0.25) is 0 Å². The van der Waals surface area contributed by atoms with Gasteiger partial charge in [0.05, 0.1) is 21.8 Å². The average molecular weight is 320 g/mol. The van der Waals surface area contributed by atoms with Crippen LogP contribution in [0.25, 0.3) is 0 Å². The lowest BCUT2D eigenvalue weighted by atomic mass is 10.0. The molecule has 0 radical (unpaired) electrons. The van der Waals surface area contributed by atoms with Crippen LogP contribution in [0.15, 0.2) is 24.3 Å². The molecule has 6 heteroatoms. The molecule has 102 valence electrons. The van der Waals surface area contributed by atoms with Crippen LogP contribution in [-0.4, -0.2) is 14.2 Å². The number of methoxy groups -OCH3 is 1. The Labute approximate surface area is 125 Å². The number of ether oxygens (including phenoxy) is 1. The first kappa shape index (κ1) is 14.6. The van der Waals surface area contributed by atoms with Crippen molar-refractivity contribution in [3.05, 3.63) is 49.9 Å². The Kier molecular flexibility index (Phi) is 4.68. The highest BCUT2D eigenvalue weighted by atomic mass is 35.5. The molecule has 0 aliphatic rings. The Bertz CT molecular complexity index is 588. The number of hydrogen-bond donors (Lipinski definition) is 1. The van der Waals surface area contributed by atoms with Gasteiger partial charge in [0, 0.05) is 11.1 Å². The molecule has 19 heavy (non-hydrogen) atoms. The van der Waals surface area contributed by atoms with Gasteiger partial charge in [0.2, 0.25) is 0 Å². The van der Waals surface area contributed by atoms with E-state index in [-0.39, 0.29) is 11.8 Å². The maximum atomic E-state index is 14.3. The first-order valence-electron chi connectivity index (χ1n) is 5.52. The minimum absolute atomic E-state index is 0.204.